The molecule has 0 spiro atoms. The number of pyridine rings is 1. The Balaban J connectivity index is 1.19. The molecular formula is C24H22FN7O3. The fourth-order valence-electron chi connectivity index (χ4n) is 4.10. The molecule has 1 aromatic carbocycles. The minimum atomic E-state index is -0.544. The van der Waals surface area contributed by atoms with Gasteiger partial charge in [0, 0.05) is 44.6 Å². The van der Waals surface area contributed by atoms with E-state index < -0.39 is 18.0 Å². The van der Waals surface area contributed by atoms with Crippen molar-refractivity contribution in [2.24, 2.45) is 0 Å². The number of halogens is 1. The molecule has 0 radical (unpaired) electrons. The zero-order valence-electron chi connectivity index (χ0n) is 18.7. The molecule has 10 nitrogen and oxygen atoms in total. The highest BCUT2D eigenvalue weighted by Crippen LogP contribution is 2.29. The number of anilines is 3. The number of piperazine rings is 1. The highest BCUT2D eigenvalue weighted by molar-refractivity contribution is 5.90. The highest BCUT2D eigenvalue weighted by Gasteiger charge is 2.33. The van der Waals surface area contributed by atoms with Gasteiger partial charge in [-0.05, 0) is 30.3 Å². The lowest BCUT2D eigenvalue weighted by molar-refractivity contribution is 0.103. The molecule has 2 aromatic heterocycles. The molecule has 0 bridgehead atoms. The Morgan fingerprint density at radius 1 is 1.11 bits per heavy atom. The molecule has 4 heterocycles. The minimum Gasteiger partial charge on any atom is -0.474 e. The first-order chi connectivity index (χ1) is 17.1. The molecule has 0 saturated carbocycles. The molecule has 2 fully saturated rings. The van der Waals surface area contributed by atoms with Crippen molar-refractivity contribution in [2.75, 3.05) is 54.0 Å². The molecule has 2 saturated heterocycles. The fraction of sp³-hybridized carbons (Fsp3) is 0.292. The summed E-state index contributed by atoms with van der Waals surface area (Å²) in [6.07, 6.45) is 3.44. The normalized spacial score (nSPS) is 17.8. The van der Waals surface area contributed by atoms with Gasteiger partial charge in [-0.1, -0.05) is 0 Å². The molecule has 0 aliphatic carbocycles. The number of rotatable bonds is 6. The van der Waals surface area contributed by atoms with Crippen LogP contribution in [0.3, 0.4) is 0 Å². The number of nitriles is 1. The van der Waals surface area contributed by atoms with E-state index in [1.807, 2.05) is 11.0 Å². The molecule has 1 unspecified atom stereocenters. The topological polar surface area (TPSA) is 108 Å². The lowest BCUT2D eigenvalue weighted by atomic mass is 10.2. The molecular weight excluding hydrogens is 453 g/mol. The molecule has 2 aliphatic rings. The number of cyclic esters (lactones) is 1. The van der Waals surface area contributed by atoms with Crippen LogP contribution in [0.25, 0.3) is 0 Å². The Labute approximate surface area is 201 Å². The summed E-state index contributed by atoms with van der Waals surface area (Å²) in [7, 11) is 0. The zero-order valence-corrected chi connectivity index (χ0v) is 18.7. The van der Waals surface area contributed by atoms with Crippen molar-refractivity contribution >= 4 is 23.3 Å². The van der Waals surface area contributed by atoms with Crippen LogP contribution in [-0.2, 0) is 4.74 Å². The number of ether oxygens (including phenoxy) is 2. The fourth-order valence-corrected chi connectivity index (χ4v) is 4.10. The van der Waals surface area contributed by atoms with E-state index in [9.17, 15) is 4.79 Å². The molecule has 11 heteroatoms. The van der Waals surface area contributed by atoms with E-state index in [0.717, 1.165) is 5.82 Å². The van der Waals surface area contributed by atoms with Gasteiger partial charge in [0.2, 0.25) is 5.88 Å². The van der Waals surface area contributed by atoms with Crippen LogP contribution in [0.2, 0.25) is 0 Å². The lowest BCUT2D eigenvalue weighted by Crippen LogP contribution is -2.47. The smallest absolute Gasteiger partial charge is 0.414 e. The van der Waals surface area contributed by atoms with E-state index >= 15 is 4.39 Å². The SMILES string of the molecule is N#Cc1ccc(N2CCN(c3ccc(N4CC(COc5ccncn5)OC4=O)cc3F)CC2)nc1. The number of hydrogen-bond acceptors (Lipinski definition) is 9. The summed E-state index contributed by atoms with van der Waals surface area (Å²) in [5, 5.41) is 8.92. The summed E-state index contributed by atoms with van der Waals surface area (Å²) in [6.45, 7) is 2.97. The Kier molecular flexibility index (Phi) is 6.26. The number of nitrogens with zero attached hydrogens (tertiary/aromatic N) is 7. The van der Waals surface area contributed by atoms with Gasteiger partial charge in [-0.15, -0.1) is 0 Å². The Morgan fingerprint density at radius 3 is 2.63 bits per heavy atom. The van der Waals surface area contributed by atoms with Crippen molar-refractivity contribution in [1.82, 2.24) is 15.0 Å². The van der Waals surface area contributed by atoms with Gasteiger partial charge in [0.05, 0.1) is 23.5 Å². The maximum atomic E-state index is 15.1. The summed E-state index contributed by atoms with van der Waals surface area (Å²) in [4.78, 5) is 30.0. The largest absolute Gasteiger partial charge is 0.474 e. The number of hydrogen-bond donors (Lipinski definition) is 0. The molecule has 35 heavy (non-hydrogen) atoms. The average molecular weight is 475 g/mol. The molecule has 5 rings (SSSR count). The number of carbonyl (C=O) groups is 1. The van der Waals surface area contributed by atoms with Crippen molar-refractivity contribution in [3.63, 3.8) is 0 Å². The van der Waals surface area contributed by atoms with Crippen LogP contribution in [-0.4, -0.2) is 66.5 Å². The van der Waals surface area contributed by atoms with Crippen LogP contribution in [0.5, 0.6) is 5.88 Å². The Morgan fingerprint density at radius 2 is 1.94 bits per heavy atom. The molecule has 2 aliphatic heterocycles. The highest BCUT2D eigenvalue weighted by atomic mass is 19.1. The summed E-state index contributed by atoms with van der Waals surface area (Å²) in [6, 6.07) is 12.0. The van der Waals surface area contributed by atoms with Gasteiger partial charge in [0.1, 0.15) is 30.6 Å². The minimum absolute atomic E-state index is 0.137. The van der Waals surface area contributed by atoms with Crippen molar-refractivity contribution in [3.8, 4) is 11.9 Å². The summed E-state index contributed by atoms with van der Waals surface area (Å²) < 4.78 is 26.0. The van der Waals surface area contributed by atoms with Gasteiger partial charge in [-0.25, -0.2) is 24.1 Å². The summed E-state index contributed by atoms with van der Waals surface area (Å²) >= 11 is 0. The van der Waals surface area contributed by atoms with Gasteiger partial charge in [-0.2, -0.15) is 5.26 Å². The molecule has 178 valence electrons. The van der Waals surface area contributed by atoms with Crippen molar-refractivity contribution in [2.45, 2.75) is 6.10 Å². The summed E-state index contributed by atoms with van der Waals surface area (Å²) in [5.74, 6) is 0.783. The van der Waals surface area contributed by atoms with Crippen molar-refractivity contribution in [3.05, 3.63) is 66.5 Å². The Bertz CT molecular complexity index is 1230. The second kappa shape index (κ2) is 9.80. The van der Waals surface area contributed by atoms with E-state index in [1.54, 1.807) is 36.7 Å². The van der Waals surface area contributed by atoms with E-state index in [0.29, 0.717) is 49.0 Å². The van der Waals surface area contributed by atoms with E-state index in [-0.39, 0.29) is 13.2 Å². The monoisotopic (exact) mass is 475 g/mol. The van der Waals surface area contributed by atoms with E-state index in [4.69, 9.17) is 14.7 Å². The number of benzene rings is 1. The molecule has 1 atom stereocenters. The first-order valence-corrected chi connectivity index (χ1v) is 11.1. The van der Waals surface area contributed by atoms with Gasteiger partial charge < -0.3 is 19.3 Å². The van der Waals surface area contributed by atoms with Crippen molar-refractivity contribution < 1.29 is 18.7 Å². The van der Waals surface area contributed by atoms with Crippen LogP contribution >= 0.6 is 0 Å². The average Bonchev–Trinajstić information content (AvgIpc) is 3.28. The number of carbonyl (C=O) groups excluding carboxylic acids is 1. The van der Waals surface area contributed by atoms with Gasteiger partial charge in [-0.3, -0.25) is 4.90 Å². The standard InChI is InChI=1S/C24H22FN7O3/c25-20-11-18(32-14-19(35-24(32)33)15-34-23-5-6-27-16-29-23)2-3-21(20)30-7-9-31(10-8-30)22-4-1-17(12-26)13-28-22/h1-6,11,13,16,19H,7-10,14-15H2. The molecule has 3 aromatic rings. The van der Waals surface area contributed by atoms with Crippen molar-refractivity contribution in [1.29, 1.82) is 5.26 Å². The molecule has 1 amide bonds. The second-order valence-corrected chi connectivity index (χ2v) is 8.10. The summed E-state index contributed by atoms with van der Waals surface area (Å²) in [5.41, 5.74) is 1.43. The quantitative estimate of drug-likeness (QED) is 0.532. The maximum Gasteiger partial charge on any atom is 0.414 e. The third-order valence-electron chi connectivity index (χ3n) is 5.91. The lowest BCUT2D eigenvalue weighted by Gasteiger charge is -2.37. The van der Waals surface area contributed by atoms with Gasteiger partial charge >= 0.3 is 6.09 Å². The predicted octanol–water partition coefficient (Wildman–Crippen LogP) is 2.61. The first kappa shape index (κ1) is 22.3. The van der Waals surface area contributed by atoms with Crippen LogP contribution < -0.4 is 19.4 Å². The molecule has 0 N–H and O–H groups in total. The number of aromatic nitrogens is 3. The maximum absolute atomic E-state index is 15.1. The van der Waals surface area contributed by atoms with E-state index in [2.05, 4.69) is 25.9 Å². The number of amides is 1. The van der Waals surface area contributed by atoms with Crippen LogP contribution in [0, 0.1) is 17.1 Å². The third-order valence-corrected chi connectivity index (χ3v) is 5.91. The first-order valence-electron chi connectivity index (χ1n) is 11.1. The van der Waals surface area contributed by atoms with Crippen LogP contribution in [0.1, 0.15) is 5.56 Å². The van der Waals surface area contributed by atoms with Gasteiger partial charge in [0.15, 0.2) is 6.10 Å². The second-order valence-electron chi connectivity index (χ2n) is 8.10. The predicted molar refractivity (Wildman–Crippen MR) is 125 cm³/mol. The van der Waals surface area contributed by atoms with Gasteiger partial charge in [0.25, 0.3) is 0 Å². The van der Waals surface area contributed by atoms with Crippen LogP contribution in [0.4, 0.5) is 26.4 Å². The van der Waals surface area contributed by atoms with Crippen LogP contribution in [0.15, 0.2) is 55.1 Å². The zero-order chi connectivity index (χ0) is 24.2. The van der Waals surface area contributed by atoms with E-state index in [1.165, 1.54) is 17.3 Å². The third kappa shape index (κ3) is 4.91. The Hall–Kier alpha value is -4.46.